The predicted molar refractivity (Wildman–Crippen MR) is 88.4 cm³/mol. The Morgan fingerprint density at radius 3 is 3.00 bits per heavy atom. The second kappa shape index (κ2) is 7.18. The van der Waals surface area contributed by atoms with Gasteiger partial charge in [-0.2, -0.15) is 0 Å². The number of aromatic nitrogens is 1. The Morgan fingerprint density at radius 2 is 2.32 bits per heavy atom. The van der Waals surface area contributed by atoms with Crippen LogP contribution in [-0.2, 0) is 4.74 Å². The highest BCUT2D eigenvalue weighted by molar-refractivity contribution is 6.29. The van der Waals surface area contributed by atoms with Crippen LogP contribution in [-0.4, -0.2) is 36.3 Å². The molecule has 0 radical (unpaired) electrons. The molecule has 1 aromatic rings. The average molecular weight is 326 g/mol. The standard InChI is InChI=1S/C16H24ClN3O2/c1-16(2,3)22-15(21)19-10-12-5-4-8-20(11-12)13-6-7-18-14(17)9-13/h6-7,9,12H,4-5,8,10-11H2,1-3H3,(H,19,21)/t12-/m0/s1. The van der Waals surface area contributed by atoms with Crippen LogP contribution in [0.3, 0.4) is 0 Å². The number of piperidine rings is 1. The van der Waals surface area contributed by atoms with Crippen LogP contribution < -0.4 is 10.2 Å². The molecule has 0 spiro atoms. The first-order chi connectivity index (χ1) is 10.3. The summed E-state index contributed by atoms with van der Waals surface area (Å²) < 4.78 is 5.27. The van der Waals surface area contributed by atoms with Crippen LogP contribution >= 0.6 is 11.6 Å². The van der Waals surface area contributed by atoms with Crippen molar-refractivity contribution in [2.45, 2.75) is 39.2 Å². The minimum absolute atomic E-state index is 0.350. The lowest BCUT2D eigenvalue weighted by atomic mass is 9.97. The second-order valence-electron chi connectivity index (χ2n) is 6.67. The molecule has 2 rings (SSSR count). The van der Waals surface area contributed by atoms with Crippen molar-refractivity contribution >= 4 is 23.4 Å². The molecule has 0 aromatic carbocycles. The van der Waals surface area contributed by atoms with Crippen molar-refractivity contribution in [1.82, 2.24) is 10.3 Å². The molecule has 0 unspecified atom stereocenters. The number of rotatable bonds is 3. The van der Waals surface area contributed by atoms with Crippen molar-refractivity contribution in [3.63, 3.8) is 0 Å². The molecule has 122 valence electrons. The number of anilines is 1. The van der Waals surface area contributed by atoms with E-state index in [4.69, 9.17) is 16.3 Å². The fourth-order valence-electron chi connectivity index (χ4n) is 2.60. The van der Waals surface area contributed by atoms with Crippen molar-refractivity contribution in [3.8, 4) is 0 Å². The Kier molecular flexibility index (Phi) is 5.51. The number of amides is 1. The predicted octanol–water partition coefficient (Wildman–Crippen LogP) is 3.48. The number of carbonyl (C=O) groups is 1. The highest BCUT2D eigenvalue weighted by Crippen LogP contribution is 2.24. The lowest BCUT2D eigenvalue weighted by Crippen LogP contribution is -2.42. The van der Waals surface area contributed by atoms with Gasteiger partial charge in [0.25, 0.3) is 0 Å². The van der Waals surface area contributed by atoms with E-state index in [-0.39, 0.29) is 6.09 Å². The largest absolute Gasteiger partial charge is 0.444 e. The topological polar surface area (TPSA) is 54.5 Å². The Balaban J connectivity index is 1.85. The monoisotopic (exact) mass is 325 g/mol. The molecule has 22 heavy (non-hydrogen) atoms. The van der Waals surface area contributed by atoms with Crippen LogP contribution in [0.5, 0.6) is 0 Å². The van der Waals surface area contributed by atoms with Crippen LogP contribution in [0.15, 0.2) is 18.3 Å². The van der Waals surface area contributed by atoms with E-state index in [9.17, 15) is 4.79 Å². The number of alkyl carbamates (subject to hydrolysis) is 1. The number of ether oxygens (including phenoxy) is 1. The van der Waals surface area contributed by atoms with Gasteiger partial charge in [0.2, 0.25) is 0 Å². The third kappa shape index (κ3) is 5.37. The Labute approximate surface area is 137 Å². The third-order valence-corrected chi connectivity index (χ3v) is 3.73. The molecule has 1 atom stereocenters. The van der Waals surface area contributed by atoms with Crippen molar-refractivity contribution in [1.29, 1.82) is 0 Å². The van der Waals surface area contributed by atoms with E-state index in [1.165, 1.54) is 0 Å². The molecule has 1 saturated heterocycles. The lowest BCUT2D eigenvalue weighted by molar-refractivity contribution is 0.0517. The first kappa shape index (κ1) is 16.9. The Hall–Kier alpha value is -1.49. The summed E-state index contributed by atoms with van der Waals surface area (Å²) in [7, 11) is 0. The minimum atomic E-state index is -0.462. The number of carbonyl (C=O) groups excluding carboxylic acids is 1. The van der Waals surface area contributed by atoms with Crippen molar-refractivity contribution < 1.29 is 9.53 Å². The number of nitrogens with zero attached hydrogens (tertiary/aromatic N) is 2. The zero-order valence-corrected chi connectivity index (χ0v) is 14.2. The maximum absolute atomic E-state index is 11.7. The van der Waals surface area contributed by atoms with E-state index >= 15 is 0 Å². The van der Waals surface area contributed by atoms with Gasteiger partial charge in [-0.3, -0.25) is 0 Å². The van der Waals surface area contributed by atoms with Crippen LogP contribution in [0, 0.1) is 5.92 Å². The van der Waals surface area contributed by atoms with E-state index in [1.54, 1.807) is 6.20 Å². The molecule has 2 heterocycles. The zero-order chi connectivity index (χ0) is 16.2. The molecular formula is C16H24ClN3O2. The molecule has 0 aliphatic carbocycles. The fourth-order valence-corrected chi connectivity index (χ4v) is 2.77. The van der Waals surface area contributed by atoms with Gasteiger partial charge >= 0.3 is 6.09 Å². The summed E-state index contributed by atoms with van der Waals surface area (Å²) in [6.45, 7) is 8.12. The molecule has 5 nitrogen and oxygen atoms in total. The van der Waals surface area contributed by atoms with Gasteiger partial charge in [0, 0.05) is 31.5 Å². The van der Waals surface area contributed by atoms with Gasteiger partial charge in [0.05, 0.1) is 0 Å². The van der Waals surface area contributed by atoms with Crippen molar-refractivity contribution in [3.05, 3.63) is 23.5 Å². The van der Waals surface area contributed by atoms with Gasteiger partial charge in [-0.1, -0.05) is 11.6 Å². The van der Waals surface area contributed by atoms with Crippen molar-refractivity contribution in [2.24, 2.45) is 5.92 Å². The fraction of sp³-hybridized carbons (Fsp3) is 0.625. The lowest BCUT2D eigenvalue weighted by Gasteiger charge is -2.34. The SMILES string of the molecule is CC(C)(C)OC(=O)NC[C@@H]1CCCN(c2ccnc(Cl)c2)C1. The Morgan fingerprint density at radius 1 is 1.55 bits per heavy atom. The van der Waals surface area contributed by atoms with Gasteiger partial charge in [-0.05, 0) is 51.7 Å². The maximum atomic E-state index is 11.7. The van der Waals surface area contributed by atoms with E-state index in [1.807, 2.05) is 32.9 Å². The first-order valence-corrected chi connectivity index (χ1v) is 8.04. The molecule has 1 aliphatic heterocycles. The molecule has 0 bridgehead atoms. The Bertz CT molecular complexity index is 516. The molecule has 6 heteroatoms. The van der Waals surface area contributed by atoms with E-state index in [2.05, 4.69) is 15.2 Å². The summed E-state index contributed by atoms with van der Waals surface area (Å²) in [5.41, 5.74) is 0.623. The third-order valence-electron chi connectivity index (χ3n) is 3.53. The minimum Gasteiger partial charge on any atom is -0.444 e. The van der Waals surface area contributed by atoms with Gasteiger partial charge in [0.1, 0.15) is 10.8 Å². The molecule has 0 saturated carbocycles. The smallest absolute Gasteiger partial charge is 0.407 e. The molecule has 1 amide bonds. The van der Waals surface area contributed by atoms with Crippen LogP contribution in [0.4, 0.5) is 10.5 Å². The van der Waals surface area contributed by atoms with Gasteiger partial charge in [-0.15, -0.1) is 0 Å². The number of halogens is 1. The summed E-state index contributed by atoms with van der Waals surface area (Å²) in [5.74, 6) is 0.410. The molecule has 1 fully saturated rings. The van der Waals surface area contributed by atoms with Crippen LogP contribution in [0.2, 0.25) is 5.15 Å². The molecular weight excluding hydrogens is 302 g/mol. The highest BCUT2D eigenvalue weighted by atomic mass is 35.5. The zero-order valence-electron chi connectivity index (χ0n) is 13.4. The van der Waals surface area contributed by atoms with E-state index < -0.39 is 5.60 Å². The molecule has 1 N–H and O–H groups in total. The number of hydrogen-bond acceptors (Lipinski definition) is 4. The van der Waals surface area contributed by atoms with Crippen LogP contribution in [0.25, 0.3) is 0 Å². The average Bonchev–Trinajstić information content (AvgIpc) is 2.44. The molecule has 1 aromatic heterocycles. The first-order valence-electron chi connectivity index (χ1n) is 7.67. The van der Waals surface area contributed by atoms with Crippen molar-refractivity contribution in [2.75, 3.05) is 24.5 Å². The van der Waals surface area contributed by atoms with Gasteiger partial charge in [0.15, 0.2) is 0 Å². The number of hydrogen-bond donors (Lipinski definition) is 1. The maximum Gasteiger partial charge on any atom is 0.407 e. The highest BCUT2D eigenvalue weighted by Gasteiger charge is 2.22. The van der Waals surface area contributed by atoms with Gasteiger partial charge < -0.3 is 15.0 Å². The van der Waals surface area contributed by atoms with E-state index in [0.717, 1.165) is 31.6 Å². The summed E-state index contributed by atoms with van der Waals surface area (Å²) in [4.78, 5) is 18.0. The molecule has 1 aliphatic rings. The number of nitrogens with one attached hydrogen (secondary N) is 1. The summed E-state index contributed by atoms with van der Waals surface area (Å²) >= 11 is 5.95. The summed E-state index contributed by atoms with van der Waals surface area (Å²) in [5, 5.41) is 3.37. The summed E-state index contributed by atoms with van der Waals surface area (Å²) in [6.07, 6.45) is 3.57. The summed E-state index contributed by atoms with van der Waals surface area (Å²) in [6, 6.07) is 3.85. The normalized spacial score (nSPS) is 18.9. The second-order valence-corrected chi connectivity index (χ2v) is 7.06. The van der Waals surface area contributed by atoms with Gasteiger partial charge in [-0.25, -0.2) is 9.78 Å². The number of pyridine rings is 1. The van der Waals surface area contributed by atoms with E-state index in [0.29, 0.717) is 17.6 Å². The quantitative estimate of drug-likeness (QED) is 0.864. The van der Waals surface area contributed by atoms with Crippen LogP contribution in [0.1, 0.15) is 33.6 Å².